The summed E-state index contributed by atoms with van der Waals surface area (Å²) < 4.78 is 0. The van der Waals surface area contributed by atoms with Crippen molar-refractivity contribution in [2.45, 2.75) is 53.0 Å². The van der Waals surface area contributed by atoms with Gasteiger partial charge < -0.3 is 15.7 Å². The van der Waals surface area contributed by atoms with E-state index in [-0.39, 0.29) is 18.5 Å². The molecule has 0 bridgehead atoms. The van der Waals surface area contributed by atoms with Gasteiger partial charge in [0.15, 0.2) is 0 Å². The van der Waals surface area contributed by atoms with Crippen molar-refractivity contribution >= 4 is 12.0 Å². The molecule has 1 fully saturated rings. The number of nitrogens with one attached hydrogen (secondary N) is 2. The first-order valence-electron chi connectivity index (χ1n) is 7.57. The molecule has 1 aliphatic carbocycles. The number of carbonyl (C=O) groups excluding carboxylic acids is 1. The number of urea groups is 1. The van der Waals surface area contributed by atoms with Crippen LogP contribution in [0.1, 0.15) is 47.0 Å². The van der Waals surface area contributed by atoms with E-state index < -0.39 is 5.97 Å². The standard InChI is InChI=1S/C15H28N2O3/c1-9(2)12(10(3)4)8-16-15(20)17-13(7-14(18)19)11-5-6-11/h9-13H,5-8H2,1-4H3,(H,18,19)(H2,16,17,20). The van der Waals surface area contributed by atoms with E-state index >= 15 is 0 Å². The molecule has 1 atom stereocenters. The minimum absolute atomic E-state index is 0.00980. The Labute approximate surface area is 121 Å². The Bertz CT molecular complexity index is 330. The van der Waals surface area contributed by atoms with E-state index in [1.165, 1.54) is 0 Å². The molecule has 3 N–H and O–H groups in total. The highest BCUT2D eigenvalue weighted by atomic mass is 16.4. The zero-order valence-corrected chi connectivity index (χ0v) is 13.0. The maximum atomic E-state index is 11.9. The van der Waals surface area contributed by atoms with Crippen molar-refractivity contribution < 1.29 is 14.7 Å². The third kappa shape index (κ3) is 5.80. The molecule has 0 aromatic heterocycles. The first-order valence-corrected chi connectivity index (χ1v) is 7.57. The van der Waals surface area contributed by atoms with Crippen molar-refractivity contribution in [3.8, 4) is 0 Å². The second kappa shape index (κ2) is 7.50. The van der Waals surface area contributed by atoms with E-state index in [2.05, 4.69) is 38.3 Å². The van der Waals surface area contributed by atoms with Gasteiger partial charge in [0.1, 0.15) is 0 Å². The molecule has 116 valence electrons. The molecular weight excluding hydrogens is 256 g/mol. The van der Waals surface area contributed by atoms with Crippen LogP contribution in [0.25, 0.3) is 0 Å². The fraction of sp³-hybridized carbons (Fsp3) is 0.867. The van der Waals surface area contributed by atoms with Crippen molar-refractivity contribution in [2.75, 3.05) is 6.54 Å². The predicted octanol–water partition coefficient (Wildman–Crippen LogP) is 2.47. The van der Waals surface area contributed by atoms with Crippen molar-refractivity contribution in [2.24, 2.45) is 23.7 Å². The van der Waals surface area contributed by atoms with Gasteiger partial charge in [-0.25, -0.2) is 4.79 Å². The summed E-state index contributed by atoms with van der Waals surface area (Å²) in [5, 5.41) is 14.6. The van der Waals surface area contributed by atoms with Crippen LogP contribution in [-0.4, -0.2) is 29.7 Å². The molecule has 20 heavy (non-hydrogen) atoms. The SMILES string of the molecule is CC(C)C(CNC(=O)NC(CC(=O)O)C1CC1)C(C)C. The van der Waals surface area contributed by atoms with Crippen LogP contribution in [0, 0.1) is 23.7 Å². The molecule has 0 aromatic rings. The van der Waals surface area contributed by atoms with Gasteiger partial charge in [0.2, 0.25) is 0 Å². The van der Waals surface area contributed by atoms with Gasteiger partial charge in [-0.05, 0) is 36.5 Å². The molecular formula is C15H28N2O3. The average Bonchev–Trinajstić information content (AvgIpc) is 3.10. The first kappa shape index (κ1) is 16.8. The molecule has 5 heteroatoms. The van der Waals surface area contributed by atoms with Crippen LogP contribution in [0.3, 0.4) is 0 Å². The molecule has 0 spiro atoms. The van der Waals surface area contributed by atoms with E-state index in [4.69, 9.17) is 5.11 Å². The molecule has 1 unspecified atom stereocenters. The van der Waals surface area contributed by atoms with Crippen LogP contribution in [0.4, 0.5) is 4.79 Å². The molecule has 2 amide bonds. The summed E-state index contributed by atoms with van der Waals surface area (Å²) in [6.07, 6.45) is 2.04. The maximum absolute atomic E-state index is 11.9. The van der Waals surface area contributed by atoms with Crippen LogP contribution < -0.4 is 10.6 Å². The third-order valence-corrected chi connectivity index (χ3v) is 4.11. The van der Waals surface area contributed by atoms with Crippen molar-refractivity contribution in [3.63, 3.8) is 0 Å². The van der Waals surface area contributed by atoms with Crippen molar-refractivity contribution in [1.82, 2.24) is 10.6 Å². The topological polar surface area (TPSA) is 78.4 Å². The number of carboxylic acids is 1. The molecule has 0 radical (unpaired) electrons. The van der Waals surface area contributed by atoms with E-state index in [1.807, 2.05) is 0 Å². The van der Waals surface area contributed by atoms with Crippen molar-refractivity contribution in [3.05, 3.63) is 0 Å². The Morgan fingerprint density at radius 1 is 1.15 bits per heavy atom. The summed E-state index contributed by atoms with van der Waals surface area (Å²) in [6.45, 7) is 9.25. The maximum Gasteiger partial charge on any atom is 0.315 e. The lowest BCUT2D eigenvalue weighted by Gasteiger charge is -2.25. The zero-order chi connectivity index (χ0) is 15.3. The second-order valence-corrected chi connectivity index (χ2v) is 6.55. The molecule has 1 saturated carbocycles. The molecule has 5 nitrogen and oxygen atoms in total. The highest BCUT2D eigenvalue weighted by Gasteiger charge is 2.33. The molecule has 0 heterocycles. The van der Waals surface area contributed by atoms with Crippen LogP contribution in [-0.2, 0) is 4.79 Å². The van der Waals surface area contributed by atoms with Gasteiger partial charge in [-0.1, -0.05) is 27.7 Å². The quantitative estimate of drug-likeness (QED) is 0.640. The largest absolute Gasteiger partial charge is 0.481 e. The van der Waals surface area contributed by atoms with Crippen molar-refractivity contribution in [1.29, 1.82) is 0 Å². The Kier molecular flexibility index (Phi) is 6.30. The van der Waals surface area contributed by atoms with Gasteiger partial charge in [-0.3, -0.25) is 4.79 Å². The Hall–Kier alpha value is -1.26. The first-order chi connectivity index (χ1) is 9.31. The van der Waals surface area contributed by atoms with Gasteiger partial charge in [-0.2, -0.15) is 0 Å². The van der Waals surface area contributed by atoms with E-state index in [0.717, 1.165) is 12.8 Å². The van der Waals surface area contributed by atoms with Gasteiger partial charge in [0.05, 0.1) is 6.42 Å². The fourth-order valence-electron chi connectivity index (χ4n) is 2.69. The summed E-state index contributed by atoms with van der Waals surface area (Å²) in [7, 11) is 0. The van der Waals surface area contributed by atoms with Crippen LogP contribution in [0.2, 0.25) is 0 Å². The number of rotatable bonds is 8. The van der Waals surface area contributed by atoms with Gasteiger partial charge in [0, 0.05) is 12.6 Å². The van der Waals surface area contributed by atoms with Crippen LogP contribution in [0.5, 0.6) is 0 Å². The molecule has 0 saturated heterocycles. The summed E-state index contributed by atoms with van der Waals surface area (Å²) in [5.74, 6) is 0.925. The number of carbonyl (C=O) groups is 2. The Balaban J connectivity index is 2.39. The molecule has 0 aromatic carbocycles. The van der Waals surface area contributed by atoms with E-state index in [9.17, 15) is 9.59 Å². The van der Waals surface area contributed by atoms with Crippen LogP contribution in [0.15, 0.2) is 0 Å². The predicted molar refractivity (Wildman–Crippen MR) is 78.5 cm³/mol. The Morgan fingerprint density at radius 2 is 1.70 bits per heavy atom. The lowest BCUT2D eigenvalue weighted by Crippen LogP contribution is -2.46. The highest BCUT2D eigenvalue weighted by molar-refractivity contribution is 5.75. The van der Waals surface area contributed by atoms with Gasteiger partial charge >= 0.3 is 12.0 Å². The number of aliphatic carboxylic acids is 1. The molecule has 1 aliphatic rings. The summed E-state index contributed by atoms with van der Waals surface area (Å²) in [4.78, 5) is 22.7. The summed E-state index contributed by atoms with van der Waals surface area (Å²) in [6, 6.07) is -0.474. The minimum Gasteiger partial charge on any atom is -0.481 e. The van der Waals surface area contributed by atoms with Gasteiger partial charge in [-0.15, -0.1) is 0 Å². The Morgan fingerprint density at radius 3 is 2.10 bits per heavy atom. The van der Waals surface area contributed by atoms with E-state index in [0.29, 0.717) is 30.2 Å². The highest BCUT2D eigenvalue weighted by Crippen LogP contribution is 2.34. The normalized spacial score (nSPS) is 16.6. The average molecular weight is 284 g/mol. The number of amides is 2. The van der Waals surface area contributed by atoms with Crippen LogP contribution >= 0.6 is 0 Å². The number of hydrogen-bond acceptors (Lipinski definition) is 2. The molecule has 1 rings (SSSR count). The monoisotopic (exact) mass is 284 g/mol. The lowest BCUT2D eigenvalue weighted by molar-refractivity contribution is -0.137. The number of hydrogen-bond donors (Lipinski definition) is 3. The smallest absolute Gasteiger partial charge is 0.315 e. The van der Waals surface area contributed by atoms with E-state index in [1.54, 1.807) is 0 Å². The fourth-order valence-corrected chi connectivity index (χ4v) is 2.69. The van der Waals surface area contributed by atoms with Gasteiger partial charge in [0.25, 0.3) is 0 Å². The number of carboxylic acid groups (broad SMARTS) is 1. The molecule has 0 aliphatic heterocycles. The minimum atomic E-state index is -0.857. The second-order valence-electron chi connectivity index (χ2n) is 6.55. The third-order valence-electron chi connectivity index (χ3n) is 4.11. The zero-order valence-electron chi connectivity index (χ0n) is 13.0. The summed E-state index contributed by atoms with van der Waals surface area (Å²) in [5.41, 5.74) is 0. The lowest BCUT2D eigenvalue weighted by atomic mass is 9.85. The summed E-state index contributed by atoms with van der Waals surface area (Å²) >= 11 is 0.